The topological polar surface area (TPSA) is 78.5 Å². The Bertz CT molecular complexity index is 673. The van der Waals surface area contributed by atoms with Gasteiger partial charge in [-0.15, -0.1) is 0 Å². The van der Waals surface area contributed by atoms with Gasteiger partial charge in [0.2, 0.25) is 11.7 Å². The van der Waals surface area contributed by atoms with Crippen LogP contribution in [0.5, 0.6) is 0 Å². The fourth-order valence-corrected chi connectivity index (χ4v) is 3.52. The van der Waals surface area contributed by atoms with Gasteiger partial charge in [-0.3, -0.25) is 14.8 Å². The first-order valence-electron chi connectivity index (χ1n) is 9.12. The monoisotopic (exact) mass is 343 g/mol. The van der Waals surface area contributed by atoms with Crippen molar-refractivity contribution in [2.45, 2.75) is 31.8 Å². The molecule has 2 fully saturated rings. The van der Waals surface area contributed by atoms with Crippen LogP contribution in [-0.2, 0) is 6.54 Å². The van der Waals surface area contributed by atoms with Gasteiger partial charge in [0.05, 0.1) is 6.54 Å². The zero-order valence-electron chi connectivity index (χ0n) is 14.4. The maximum Gasteiger partial charge on any atom is 0.241 e. The molecular formula is C18H25N5O2. The SMILES string of the molecule is OCC[C@@H]1CN(Cc2nc(-c3ccncc3)no2)CCN1CC1CC1. The Kier molecular flexibility index (Phi) is 5.05. The van der Waals surface area contributed by atoms with Gasteiger partial charge in [-0.2, -0.15) is 4.98 Å². The molecule has 25 heavy (non-hydrogen) atoms. The van der Waals surface area contributed by atoms with Crippen LogP contribution >= 0.6 is 0 Å². The average Bonchev–Trinajstić information content (AvgIpc) is 3.34. The van der Waals surface area contributed by atoms with E-state index >= 15 is 0 Å². The number of hydrogen-bond acceptors (Lipinski definition) is 7. The summed E-state index contributed by atoms with van der Waals surface area (Å²) in [4.78, 5) is 13.4. The third-order valence-corrected chi connectivity index (χ3v) is 5.11. The van der Waals surface area contributed by atoms with Gasteiger partial charge in [-0.05, 0) is 37.3 Å². The lowest BCUT2D eigenvalue weighted by molar-refractivity contribution is 0.0472. The summed E-state index contributed by atoms with van der Waals surface area (Å²) < 4.78 is 5.43. The van der Waals surface area contributed by atoms with Crippen molar-refractivity contribution in [3.8, 4) is 11.4 Å². The number of aliphatic hydroxyl groups is 1. The number of rotatable bonds is 7. The van der Waals surface area contributed by atoms with Crippen LogP contribution in [-0.4, -0.2) is 68.9 Å². The van der Waals surface area contributed by atoms with Crippen molar-refractivity contribution in [2.75, 3.05) is 32.8 Å². The zero-order valence-corrected chi connectivity index (χ0v) is 14.4. The normalized spacial score (nSPS) is 22.4. The molecule has 3 heterocycles. The standard InChI is InChI=1S/C18H25N5O2/c24-10-5-16-12-22(8-9-23(16)11-14-1-2-14)13-17-20-18(21-25-17)15-3-6-19-7-4-15/h3-4,6-7,14,16,24H,1-2,5,8-13H2/t16-/m1/s1. The van der Waals surface area contributed by atoms with Crippen molar-refractivity contribution in [1.82, 2.24) is 24.9 Å². The second kappa shape index (κ2) is 7.59. The van der Waals surface area contributed by atoms with Gasteiger partial charge in [-0.1, -0.05) is 5.16 Å². The predicted octanol–water partition coefficient (Wildman–Crippen LogP) is 1.41. The second-order valence-electron chi connectivity index (χ2n) is 7.09. The Balaban J connectivity index is 1.37. The van der Waals surface area contributed by atoms with Gasteiger partial charge in [0.25, 0.3) is 0 Å². The summed E-state index contributed by atoms with van der Waals surface area (Å²) in [6.45, 7) is 5.09. The van der Waals surface area contributed by atoms with E-state index in [9.17, 15) is 5.11 Å². The van der Waals surface area contributed by atoms with Gasteiger partial charge in [-0.25, -0.2) is 0 Å². The van der Waals surface area contributed by atoms with E-state index in [1.54, 1.807) is 12.4 Å². The molecule has 0 amide bonds. The van der Waals surface area contributed by atoms with Crippen molar-refractivity contribution in [1.29, 1.82) is 0 Å². The molecule has 7 nitrogen and oxygen atoms in total. The summed E-state index contributed by atoms with van der Waals surface area (Å²) in [7, 11) is 0. The number of aromatic nitrogens is 3. The second-order valence-corrected chi connectivity index (χ2v) is 7.09. The molecule has 0 aromatic carbocycles. The van der Waals surface area contributed by atoms with Crippen molar-refractivity contribution in [2.24, 2.45) is 5.92 Å². The van der Waals surface area contributed by atoms with E-state index in [4.69, 9.17) is 4.52 Å². The molecule has 7 heteroatoms. The minimum absolute atomic E-state index is 0.242. The number of aliphatic hydroxyl groups excluding tert-OH is 1. The van der Waals surface area contributed by atoms with Crippen LogP contribution in [0.25, 0.3) is 11.4 Å². The van der Waals surface area contributed by atoms with E-state index < -0.39 is 0 Å². The first-order valence-corrected chi connectivity index (χ1v) is 9.12. The average molecular weight is 343 g/mol. The third kappa shape index (κ3) is 4.23. The molecule has 2 aliphatic rings. The predicted molar refractivity (Wildman–Crippen MR) is 92.6 cm³/mol. The summed E-state index contributed by atoms with van der Waals surface area (Å²) in [6, 6.07) is 4.17. The lowest BCUT2D eigenvalue weighted by Crippen LogP contribution is -2.53. The number of nitrogens with zero attached hydrogens (tertiary/aromatic N) is 5. The molecule has 1 saturated carbocycles. The lowest BCUT2D eigenvalue weighted by atomic mass is 10.1. The minimum atomic E-state index is 0.242. The Morgan fingerprint density at radius 2 is 2.04 bits per heavy atom. The summed E-state index contributed by atoms with van der Waals surface area (Å²) in [5.74, 6) is 2.13. The van der Waals surface area contributed by atoms with Gasteiger partial charge in [0, 0.05) is 56.8 Å². The first kappa shape index (κ1) is 16.6. The van der Waals surface area contributed by atoms with Crippen molar-refractivity contribution in [3.05, 3.63) is 30.4 Å². The molecular weight excluding hydrogens is 318 g/mol. The molecule has 2 aromatic heterocycles. The Labute approximate surface area is 147 Å². The highest BCUT2D eigenvalue weighted by atomic mass is 16.5. The van der Waals surface area contributed by atoms with E-state index in [0.717, 1.165) is 37.5 Å². The van der Waals surface area contributed by atoms with E-state index in [2.05, 4.69) is 24.9 Å². The fourth-order valence-electron chi connectivity index (χ4n) is 3.52. The van der Waals surface area contributed by atoms with Gasteiger partial charge in [0.15, 0.2) is 0 Å². The molecule has 1 aliphatic carbocycles. The molecule has 0 bridgehead atoms. The van der Waals surface area contributed by atoms with Gasteiger partial charge < -0.3 is 9.63 Å². The smallest absolute Gasteiger partial charge is 0.241 e. The highest BCUT2D eigenvalue weighted by molar-refractivity contribution is 5.52. The molecule has 0 spiro atoms. The van der Waals surface area contributed by atoms with Crippen LogP contribution in [0.1, 0.15) is 25.2 Å². The van der Waals surface area contributed by atoms with E-state index in [1.165, 1.54) is 19.4 Å². The lowest BCUT2D eigenvalue weighted by Gasteiger charge is -2.41. The first-order chi connectivity index (χ1) is 12.3. The van der Waals surface area contributed by atoms with Crippen LogP contribution in [0.3, 0.4) is 0 Å². The quantitative estimate of drug-likeness (QED) is 0.814. The number of piperazine rings is 1. The molecule has 0 unspecified atom stereocenters. The fraction of sp³-hybridized carbons (Fsp3) is 0.611. The minimum Gasteiger partial charge on any atom is -0.396 e. The highest BCUT2D eigenvalue weighted by Crippen LogP contribution is 2.31. The maximum atomic E-state index is 9.40. The molecule has 1 aliphatic heterocycles. The Morgan fingerprint density at radius 3 is 2.80 bits per heavy atom. The largest absolute Gasteiger partial charge is 0.396 e. The summed E-state index contributed by atoms with van der Waals surface area (Å²) in [6.07, 6.45) is 7.01. The van der Waals surface area contributed by atoms with Crippen LogP contribution in [0, 0.1) is 5.92 Å². The Morgan fingerprint density at radius 1 is 1.20 bits per heavy atom. The Hall–Kier alpha value is -1.83. The molecule has 4 rings (SSSR count). The maximum absolute atomic E-state index is 9.40. The van der Waals surface area contributed by atoms with E-state index in [1.807, 2.05) is 12.1 Å². The van der Waals surface area contributed by atoms with Crippen LogP contribution < -0.4 is 0 Å². The summed E-state index contributed by atoms with van der Waals surface area (Å²) in [5, 5.41) is 13.5. The van der Waals surface area contributed by atoms with Gasteiger partial charge in [0.1, 0.15) is 0 Å². The molecule has 0 radical (unpaired) electrons. The van der Waals surface area contributed by atoms with E-state index in [0.29, 0.717) is 24.3 Å². The molecule has 1 atom stereocenters. The highest BCUT2D eigenvalue weighted by Gasteiger charge is 2.32. The zero-order chi connectivity index (χ0) is 17.1. The number of pyridine rings is 1. The molecule has 1 N–H and O–H groups in total. The van der Waals surface area contributed by atoms with Crippen molar-refractivity contribution in [3.63, 3.8) is 0 Å². The van der Waals surface area contributed by atoms with E-state index in [-0.39, 0.29) is 6.61 Å². The van der Waals surface area contributed by atoms with Crippen molar-refractivity contribution >= 4 is 0 Å². The number of hydrogen-bond donors (Lipinski definition) is 1. The third-order valence-electron chi connectivity index (χ3n) is 5.11. The van der Waals surface area contributed by atoms with Gasteiger partial charge >= 0.3 is 0 Å². The summed E-state index contributed by atoms with van der Waals surface area (Å²) >= 11 is 0. The van der Waals surface area contributed by atoms with Crippen LogP contribution in [0.2, 0.25) is 0 Å². The summed E-state index contributed by atoms with van der Waals surface area (Å²) in [5.41, 5.74) is 0.914. The van der Waals surface area contributed by atoms with Crippen molar-refractivity contribution < 1.29 is 9.63 Å². The van der Waals surface area contributed by atoms with Crippen LogP contribution in [0.15, 0.2) is 29.0 Å². The molecule has 134 valence electrons. The molecule has 2 aromatic rings. The van der Waals surface area contributed by atoms with Crippen LogP contribution in [0.4, 0.5) is 0 Å². The molecule has 1 saturated heterocycles.